The van der Waals surface area contributed by atoms with Crippen molar-refractivity contribution < 1.29 is 8.78 Å². The number of hydrogen-bond donors (Lipinski definition) is 1. The molecule has 1 atom stereocenters. The van der Waals surface area contributed by atoms with Crippen LogP contribution in [0.1, 0.15) is 11.6 Å². The first-order valence-corrected chi connectivity index (χ1v) is 8.36. The maximum Gasteiger partial charge on any atom is 0.129 e. The van der Waals surface area contributed by atoms with Crippen molar-refractivity contribution in [2.45, 2.75) is 6.04 Å². The van der Waals surface area contributed by atoms with E-state index in [-0.39, 0.29) is 17.7 Å². The van der Waals surface area contributed by atoms with Gasteiger partial charge in [0.05, 0.1) is 6.04 Å². The molecule has 3 nitrogen and oxygen atoms in total. The first-order chi connectivity index (χ1) is 11.6. The van der Waals surface area contributed by atoms with Crippen LogP contribution in [0.5, 0.6) is 0 Å². The summed E-state index contributed by atoms with van der Waals surface area (Å²) < 4.78 is 27.3. The van der Waals surface area contributed by atoms with Crippen LogP contribution < -0.4 is 10.6 Å². The minimum atomic E-state index is -0.320. The van der Waals surface area contributed by atoms with E-state index in [1.54, 1.807) is 24.3 Å². The zero-order chi connectivity index (χ0) is 17.1. The van der Waals surface area contributed by atoms with Gasteiger partial charge in [-0.2, -0.15) is 0 Å². The second kappa shape index (κ2) is 7.47. The molecule has 1 fully saturated rings. The molecule has 0 saturated carbocycles. The van der Waals surface area contributed by atoms with E-state index in [1.807, 2.05) is 0 Å². The van der Waals surface area contributed by atoms with Gasteiger partial charge in [0.25, 0.3) is 0 Å². The molecule has 1 unspecified atom stereocenters. The lowest BCUT2D eigenvalue weighted by Gasteiger charge is -2.40. The second-order valence-corrected chi connectivity index (χ2v) is 6.29. The van der Waals surface area contributed by atoms with Crippen LogP contribution in [0, 0.1) is 11.6 Å². The number of benzene rings is 2. The second-order valence-electron chi connectivity index (χ2n) is 5.89. The molecule has 3 rings (SSSR count). The zero-order valence-corrected chi connectivity index (χ0v) is 14.0. The van der Waals surface area contributed by atoms with Crippen LogP contribution in [0.4, 0.5) is 14.5 Å². The van der Waals surface area contributed by atoms with Gasteiger partial charge in [0, 0.05) is 49.0 Å². The standard InChI is InChI=1S/C18H20ClF2N3/c19-15-2-1-3-16(21)18(15)17(12-22)24-10-8-23(9-11-24)14-6-4-13(20)5-7-14/h1-7,17H,8-12,22H2. The van der Waals surface area contributed by atoms with Crippen LogP contribution in [0.15, 0.2) is 42.5 Å². The molecule has 1 aliphatic heterocycles. The summed E-state index contributed by atoms with van der Waals surface area (Å²) in [6.07, 6.45) is 0. The third kappa shape index (κ3) is 3.53. The SMILES string of the molecule is NCC(c1c(F)cccc1Cl)N1CCN(c2ccc(F)cc2)CC1. The van der Waals surface area contributed by atoms with Crippen molar-refractivity contribution in [1.29, 1.82) is 0 Å². The maximum absolute atomic E-state index is 14.2. The molecule has 0 bridgehead atoms. The number of nitrogens with two attached hydrogens (primary N) is 1. The Labute approximate surface area is 145 Å². The lowest BCUT2D eigenvalue weighted by Crippen LogP contribution is -2.49. The minimum Gasteiger partial charge on any atom is -0.369 e. The van der Waals surface area contributed by atoms with E-state index in [2.05, 4.69) is 9.80 Å². The van der Waals surface area contributed by atoms with Crippen LogP contribution in [0.2, 0.25) is 5.02 Å². The number of hydrogen-bond acceptors (Lipinski definition) is 3. The first-order valence-electron chi connectivity index (χ1n) is 7.98. The summed E-state index contributed by atoms with van der Waals surface area (Å²) in [5.74, 6) is -0.561. The van der Waals surface area contributed by atoms with E-state index in [9.17, 15) is 8.78 Å². The van der Waals surface area contributed by atoms with Gasteiger partial charge in [0.15, 0.2) is 0 Å². The van der Waals surface area contributed by atoms with Crippen LogP contribution in [-0.2, 0) is 0 Å². The van der Waals surface area contributed by atoms with E-state index < -0.39 is 0 Å². The third-order valence-electron chi connectivity index (χ3n) is 4.50. The smallest absolute Gasteiger partial charge is 0.129 e. The maximum atomic E-state index is 14.2. The van der Waals surface area contributed by atoms with E-state index in [1.165, 1.54) is 18.2 Å². The summed E-state index contributed by atoms with van der Waals surface area (Å²) >= 11 is 6.19. The molecule has 2 N–H and O–H groups in total. The largest absolute Gasteiger partial charge is 0.369 e. The van der Waals surface area contributed by atoms with Crippen molar-refractivity contribution in [3.8, 4) is 0 Å². The average molecular weight is 352 g/mol. The van der Waals surface area contributed by atoms with Gasteiger partial charge < -0.3 is 10.6 Å². The van der Waals surface area contributed by atoms with E-state index >= 15 is 0 Å². The molecule has 0 aromatic heterocycles. The van der Waals surface area contributed by atoms with Crippen LogP contribution in [0.3, 0.4) is 0 Å². The fourth-order valence-electron chi connectivity index (χ4n) is 3.22. The summed E-state index contributed by atoms with van der Waals surface area (Å²) in [4.78, 5) is 4.34. The molecule has 1 heterocycles. The monoisotopic (exact) mass is 351 g/mol. The molecule has 128 valence electrons. The summed E-state index contributed by atoms with van der Waals surface area (Å²) in [6, 6.07) is 10.9. The Balaban J connectivity index is 1.72. The van der Waals surface area contributed by atoms with Gasteiger partial charge in [0.1, 0.15) is 11.6 Å². The van der Waals surface area contributed by atoms with Crippen molar-refractivity contribution in [2.75, 3.05) is 37.6 Å². The normalized spacial score (nSPS) is 17.1. The van der Waals surface area contributed by atoms with Crippen LogP contribution in [-0.4, -0.2) is 37.6 Å². The molecular formula is C18H20ClF2N3. The molecule has 1 aliphatic rings. The lowest BCUT2D eigenvalue weighted by atomic mass is 10.0. The van der Waals surface area contributed by atoms with Gasteiger partial charge in [-0.15, -0.1) is 0 Å². The molecule has 6 heteroatoms. The lowest BCUT2D eigenvalue weighted by molar-refractivity contribution is 0.187. The first kappa shape index (κ1) is 17.1. The van der Waals surface area contributed by atoms with Gasteiger partial charge in [-0.1, -0.05) is 17.7 Å². The molecule has 0 radical (unpaired) electrons. The van der Waals surface area contributed by atoms with Crippen molar-refractivity contribution >= 4 is 17.3 Å². The molecule has 0 spiro atoms. The number of halogens is 3. The Hall–Kier alpha value is -1.69. The predicted octanol–water partition coefficient (Wildman–Crippen LogP) is 3.44. The van der Waals surface area contributed by atoms with Crippen molar-refractivity contribution in [3.05, 3.63) is 64.7 Å². The van der Waals surface area contributed by atoms with Crippen LogP contribution in [0.25, 0.3) is 0 Å². The highest BCUT2D eigenvalue weighted by Crippen LogP contribution is 2.30. The zero-order valence-electron chi connectivity index (χ0n) is 13.3. The Morgan fingerprint density at radius 1 is 1.00 bits per heavy atom. The molecule has 2 aromatic carbocycles. The number of nitrogens with zero attached hydrogens (tertiary/aromatic N) is 2. The molecule has 0 aliphatic carbocycles. The summed E-state index contributed by atoms with van der Waals surface area (Å²) in [5.41, 5.74) is 7.37. The topological polar surface area (TPSA) is 32.5 Å². The molecule has 0 amide bonds. The van der Waals surface area contributed by atoms with Gasteiger partial charge in [0.2, 0.25) is 0 Å². The molecule has 24 heavy (non-hydrogen) atoms. The summed E-state index contributed by atoms with van der Waals surface area (Å²) in [6.45, 7) is 3.33. The predicted molar refractivity (Wildman–Crippen MR) is 93.4 cm³/mol. The van der Waals surface area contributed by atoms with Crippen LogP contribution >= 0.6 is 11.6 Å². The Bertz CT molecular complexity index is 665. The molecule has 1 saturated heterocycles. The number of anilines is 1. The molecule has 2 aromatic rings. The van der Waals surface area contributed by atoms with E-state index in [0.29, 0.717) is 17.1 Å². The number of piperazine rings is 1. The minimum absolute atomic E-state index is 0.241. The van der Waals surface area contributed by atoms with Gasteiger partial charge in [-0.05, 0) is 36.4 Å². The van der Waals surface area contributed by atoms with E-state index in [0.717, 1.165) is 31.9 Å². The quantitative estimate of drug-likeness (QED) is 0.915. The van der Waals surface area contributed by atoms with Crippen molar-refractivity contribution in [2.24, 2.45) is 5.73 Å². The number of rotatable bonds is 4. The Morgan fingerprint density at radius 3 is 2.25 bits per heavy atom. The van der Waals surface area contributed by atoms with Gasteiger partial charge in [-0.25, -0.2) is 8.78 Å². The summed E-state index contributed by atoms with van der Waals surface area (Å²) in [5, 5.41) is 0.409. The third-order valence-corrected chi connectivity index (χ3v) is 4.83. The van der Waals surface area contributed by atoms with Crippen molar-refractivity contribution in [3.63, 3.8) is 0 Å². The Kier molecular flexibility index (Phi) is 5.33. The van der Waals surface area contributed by atoms with Crippen molar-refractivity contribution in [1.82, 2.24) is 4.90 Å². The van der Waals surface area contributed by atoms with Gasteiger partial charge in [-0.3, -0.25) is 4.90 Å². The highest BCUT2D eigenvalue weighted by molar-refractivity contribution is 6.31. The fraction of sp³-hybridized carbons (Fsp3) is 0.333. The highest BCUT2D eigenvalue weighted by atomic mass is 35.5. The molecular weight excluding hydrogens is 332 g/mol. The fourth-order valence-corrected chi connectivity index (χ4v) is 3.51. The van der Waals surface area contributed by atoms with Gasteiger partial charge >= 0.3 is 0 Å². The highest BCUT2D eigenvalue weighted by Gasteiger charge is 2.27. The Morgan fingerprint density at radius 2 is 1.67 bits per heavy atom. The average Bonchev–Trinajstić information content (AvgIpc) is 2.59. The summed E-state index contributed by atoms with van der Waals surface area (Å²) in [7, 11) is 0. The van der Waals surface area contributed by atoms with E-state index in [4.69, 9.17) is 17.3 Å².